The van der Waals surface area contributed by atoms with Gasteiger partial charge in [0.25, 0.3) is 0 Å². The predicted octanol–water partition coefficient (Wildman–Crippen LogP) is 1.49. The van der Waals surface area contributed by atoms with Gasteiger partial charge < -0.3 is 10.4 Å². The number of hydrogen-bond acceptors (Lipinski definition) is 2. The molecule has 1 saturated heterocycles. The second-order valence-corrected chi connectivity index (χ2v) is 5.09. The van der Waals surface area contributed by atoms with E-state index in [0.29, 0.717) is 12.5 Å². The molecule has 0 aromatic carbocycles. The molecule has 0 amide bonds. The van der Waals surface area contributed by atoms with Gasteiger partial charge in [-0.25, -0.2) is 0 Å². The molecule has 2 unspecified atom stereocenters. The molecule has 1 aliphatic carbocycles. The first-order chi connectivity index (χ1) is 6.64. The minimum Gasteiger partial charge on any atom is -0.481 e. The van der Waals surface area contributed by atoms with Gasteiger partial charge in [-0.15, -0.1) is 0 Å². The molecule has 1 saturated carbocycles. The van der Waals surface area contributed by atoms with Crippen LogP contribution < -0.4 is 5.32 Å². The quantitative estimate of drug-likeness (QED) is 0.669. The molecule has 3 atom stereocenters. The van der Waals surface area contributed by atoms with Crippen molar-refractivity contribution in [3.05, 3.63) is 0 Å². The molecule has 80 valence electrons. The second kappa shape index (κ2) is 3.54. The lowest BCUT2D eigenvalue weighted by atomic mass is 9.65. The Balaban J connectivity index is 2.16. The molecular formula is C11H19NO2. The summed E-state index contributed by atoms with van der Waals surface area (Å²) in [5.74, 6) is -0.0557. The number of carboxylic acids is 1. The minimum atomic E-state index is -0.607. The Hall–Kier alpha value is -0.570. The Morgan fingerprint density at radius 3 is 3.00 bits per heavy atom. The zero-order valence-electron chi connectivity index (χ0n) is 8.75. The largest absolute Gasteiger partial charge is 0.481 e. The molecule has 2 N–H and O–H groups in total. The van der Waals surface area contributed by atoms with Crippen LogP contribution in [0.2, 0.25) is 0 Å². The fourth-order valence-corrected chi connectivity index (χ4v) is 3.33. The van der Waals surface area contributed by atoms with Gasteiger partial charge >= 0.3 is 5.97 Å². The van der Waals surface area contributed by atoms with Crippen LogP contribution in [-0.2, 0) is 4.79 Å². The Morgan fingerprint density at radius 1 is 1.57 bits per heavy atom. The first-order valence-electron chi connectivity index (χ1n) is 5.57. The van der Waals surface area contributed by atoms with E-state index in [4.69, 9.17) is 0 Å². The molecule has 2 rings (SSSR count). The van der Waals surface area contributed by atoms with Crippen molar-refractivity contribution in [1.82, 2.24) is 5.32 Å². The van der Waals surface area contributed by atoms with Crippen LogP contribution in [-0.4, -0.2) is 24.2 Å². The van der Waals surface area contributed by atoms with Gasteiger partial charge in [-0.1, -0.05) is 19.8 Å². The van der Waals surface area contributed by atoms with E-state index < -0.39 is 5.97 Å². The van der Waals surface area contributed by atoms with Gasteiger partial charge in [0.1, 0.15) is 0 Å². The summed E-state index contributed by atoms with van der Waals surface area (Å²) in [5, 5.41) is 12.4. The number of aliphatic carboxylic acids is 1. The van der Waals surface area contributed by atoms with E-state index in [1.165, 1.54) is 12.8 Å². The predicted molar refractivity (Wildman–Crippen MR) is 54.1 cm³/mol. The van der Waals surface area contributed by atoms with Gasteiger partial charge in [0.2, 0.25) is 0 Å². The first-order valence-corrected chi connectivity index (χ1v) is 5.57. The zero-order valence-corrected chi connectivity index (χ0v) is 8.75. The molecule has 1 aliphatic heterocycles. The summed E-state index contributed by atoms with van der Waals surface area (Å²) < 4.78 is 0. The standard InChI is InChI=1S/C11H19NO2/c1-8-3-2-4-11(5-8)7-12-6-9(11)10(13)14/h8-9,12H,2-7H2,1H3,(H,13,14)/t8?,9-,11?/m1/s1. The van der Waals surface area contributed by atoms with E-state index in [9.17, 15) is 9.90 Å². The van der Waals surface area contributed by atoms with Crippen LogP contribution in [0, 0.1) is 17.3 Å². The summed E-state index contributed by atoms with van der Waals surface area (Å²) in [7, 11) is 0. The van der Waals surface area contributed by atoms with E-state index in [0.717, 1.165) is 19.4 Å². The van der Waals surface area contributed by atoms with E-state index in [1.807, 2.05) is 0 Å². The third-order valence-corrected chi connectivity index (χ3v) is 3.99. The molecule has 3 nitrogen and oxygen atoms in total. The number of nitrogens with one attached hydrogen (secondary N) is 1. The molecule has 0 aromatic rings. The lowest BCUT2D eigenvalue weighted by molar-refractivity contribution is -0.145. The highest BCUT2D eigenvalue weighted by molar-refractivity contribution is 5.72. The van der Waals surface area contributed by atoms with Gasteiger partial charge in [0, 0.05) is 13.1 Å². The van der Waals surface area contributed by atoms with Crippen LogP contribution in [0.4, 0.5) is 0 Å². The Labute approximate surface area is 84.9 Å². The summed E-state index contributed by atoms with van der Waals surface area (Å²) in [5.41, 5.74) is 0.0729. The van der Waals surface area contributed by atoms with Crippen LogP contribution in [0.1, 0.15) is 32.6 Å². The normalized spacial score (nSPS) is 42.9. The monoisotopic (exact) mass is 197 g/mol. The van der Waals surface area contributed by atoms with E-state index in [1.54, 1.807) is 0 Å². The first kappa shape index (κ1) is 9.97. The average molecular weight is 197 g/mol. The highest BCUT2D eigenvalue weighted by Crippen LogP contribution is 2.46. The Kier molecular flexibility index (Phi) is 2.52. The van der Waals surface area contributed by atoms with Gasteiger partial charge in [-0.2, -0.15) is 0 Å². The molecule has 1 heterocycles. The summed E-state index contributed by atoms with van der Waals surface area (Å²) in [6.07, 6.45) is 4.67. The Morgan fingerprint density at radius 2 is 2.36 bits per heavy atom. The minimum absolute atomic E-state index is 0.0729. The van der Waals surface area contributed by atoms with Crippen LogP contribution in [0.3, 0.4) is 0 Å². The third kappa shape index (κ3) is 1.54. The molecule has 3 heteroatoms. The molecular weight excluding hydrogens is 178 g/mol. The zero-order chi connectivity index (χ0) is 10.2. The highest BCUT2D eigenvalue weighted by Gasteiger charge is 2.48. The summed E-state index contributed by atoms with van der Waals surface area (Å²) >= 11 is 0. The summed E-state index contributed by atoms with van der Waals surface area (Å²) in [4.78, 5) is 11.1. The van der Waals surface area contributed by atoms with Gasteiger partial charge in [-0.3, -0.25) is 4.79 Å². The third-order valence-electron chi connectivity index (χ3n) is 3.99. The van der Waals surface area contributed by atoms with Crippen LogP contribution in [0.15, 0.2) is 0 Å². The molecule has 0 radical (unpaired) electrons. The van der Waals surface area contributed by atoms with Crippen molar-refractivity contribution in [2.24, 2.45) is 17.3 Å². The fourth-order valence-electron chi connectivity index (χ4n) is 3.33. The highest BCUT2D eigenvalue weighted by atomic mass is 16.4. The molecule has 14 heavy (non-hydrogen) atoms. The SMILES string of the molecule is CC1CCCC2(CNC[C@@H]2C(=O)O)C1. The lowest BCUT2D eigenvalue weighted by Crippen LogP contribution is -2.38. The molecule has 2 fully saturated rings. The average Bonchev–Trinajstić information content (AvgIpc) is 2.48. The van der Waals surface area contributed by atoms with Crippen LogP contribution in [0.5, 0.6) is 0 Å². The maximum absolute atomic E-state index is 11.1. The molecule has 0 bridgehead atoms. The van der Waals surface area contributed by atoms with E-state index in [-0.39, 0.29) is 11.3 Å². The van der Waals surface area contributed by atoms with Crippen LogP contribution >= 0.6 is 0 Å². The van der Waals surface area contributed by atoms with Crippen molar-refractivity contribution in [3.63, 3.8) is 0 Å². The molecule has 2 aliphatic rings. The topological polar surface area (TPSA) is 49.3 Å². The van der Waals surface area contributed by atoms with Crippen molar-refractivity contribution in [2.75, 3.05) is 13.1 Å². The number of carbonyl (C=O) groups is 1. The van der Waals surface area contributed by atoms with Gasteiger partial charge in [0.15, 0.2) is 0 Å². The maximum atomic E-state index is 11.1. The van der Waals surface area contributed by atoms with Crippen molar-refractivity contribution < 1.29 is 9.90 Å². The van der Waals surface area contributed by atoms with Crippen molar-refractivity contribution >= 4 is 5.97 Å². The van der Waals surface area contributed by atoms with Crippen molar-refractivity contribution in [2.45, 2.75) is 32.6 Å². The molecule has 0 aromatic heterocycles. The van der Waals surface area contributed by atoms with Crippen molar-refractivity contribution in [1.29, 1.82) is 0 Å². The summed E-state index contributed by atoms with van der Waals surface area (Å²) in [6.45, 7) is 3.83. The second-order valence-electron chi connectivity index (χ2n) is 5.09. The lowest BCUT2D eigenvalue weighted by Gasteiger charge is -2.39. The number of carboxylic acid groups (broad SMARTS) is 1. The Bertz CT molecular complexity index is 241. The maximum Gasteiger partial charge on any atom is 0.308 e. The van der Waals surface area contributed by atoms with Crippen molar-refractivity contribution in [3.8, 4) is 0 Å². The van der Waals surface area contributed by atoms with Crippen LogP contribution in [0.25, 0.3) is 0 Å². The fraction of sp³-hybridized carbons (Fsp3) is 0.909. The molecule has 1 spiro atoms. The van der Waals surface area contributed by atoms with Gasteiger partial charge in [-0.05, 0) is 24.2 Å². The number of rotatable bonds is 1. The van der Waals surface area contributed by atoms with E-state index >= 15 is 0 Å². The van der Waals surface area contributed by atoms with E-state index in [2.05, 4.69) is 12.2 Å². The smallest absolute Gasteiger partial charge is 0.308 e. The summed E-state index contributed by atoms with van der Waals surface area (Å²) in [6, 6.07) is 0. The number of hydrogen-bond donors (Lipinski definition) is 2. The van der Waals surface area contributed by atoms with Gasteiger partial charge in [0.05, 0.1) is 5.92 Å².